The van der Waals surface area contributed by atoms with Crippen LogP contribution in [-0.2, 0) is 9.47 Å². The molecule has 78 valence electrons. The van der Waals surface area contributed by atoms with Gasteiger partial charge in [-0.2, -0.15) is 0 Å². The number of terminal acetylenes is 1. The van der Waals surface area contributed by atoms with E-state index < -0.39 is 0 Å². The van der Waals surface area contributed by atoms with Gasteiger partial charge in [-0.3, -0.25) is 0 Å². The third-order valence-corrected chi connectivity index (χ3v) is 4.09. The van der Waals surface area contributed by atoms with Crippen molar-refractivity contribution in [1.29, 1.82) is 0 Å². The number of hydrogen-bond acceptors (Lipinski definition) is 2. The number of methoxy groups -OCH3 is 1. The van der Waals surface area contributed by atoms with Crippen LogP contribution in [0, 0.1) is 29.8 Å². The van der Waals surface area contributed by atoms with Gasteiger partial charge in [0.1, 0.15) is 18.3 Å². The van der Waals surface area contributed by atoms with Gasteiger partial charge in [-0.15, -0.1) is 0 Å². The van der Waals surface area contributed by atoms with E-state index >= 15 is 0 Å². The highest BCUT2D eigenvalue weighted by molar-refractivity contribution is 5.09. The van der Waals surface area contributed by atoms with Crippen molar-refractivity contribution in [2.75, 3.05) is 7.11 Å². The molecule has 2 nitrogen and oxygen atoms in total. The first-order chi connectivity index (χ1) is 6.62. The van der Waals surface area contributed by atoms with Gasteiger partial charge in [-0.25, -0.2) is 0 Å². The lowest BCUT2D eigenvalue weighted by molar-refractivity contribution is -0.0816. The summed E-state index contributed by atoms with van der Waals surface area (Å²) in [5.74, 6) is 1.30. The average Bonchev–Trinajstić information content (AvgIpc) is 2.55. The van der Waals surface area contributed by atoms with Gasteiger partial charge in [-0.1, -0.05) is 20.3 Å². The molecule has 0 heterocycles. The van der Waals surface area contributed by atoms with E-state index in [2.05, 4.69) is 20.0 Å². The van der Waals surface area contributed by atoms with Gasteiger partial charge >= 0.3 is 0 Å². The van der Waals surface area contributed by atoms with Crippen LogP contribution >= 0.6 is 0 Å². The van der Waals surface area contributed by atoms with Crippen molar-refractivity contribution in [3.63, 3.8) is 0 Å². The minimum atomic E-state index is 0.110. The van der Waals surface area contributed by atoms with Gasteiger partial charge in [0, 0.05) is 13.0 Å². The van der Waals surface area contributed by atoms with Crippen LogP contribution in [-0.4, -0.2) is 19.3 Å². The first kappa shape index (κ1) is 9.86. The van der Waals surface area contributed by atoms with Crippen molar-refractivity contribution in [3.8, 4) is 12.5 Å². The molecular formula is C12H18O2. The van der Waals surface area contributed by atoms with Crippen molar-refractivity contribution in [3.05, 3.63) is 0 Å². The molecule has 0 N–H and O–H groups in total. The second kappa shape index (κ2) is 3.17. The maximum absolute atomic E-state index is 5.54. The number of hydrogen-bond donors (Lipinski definition) is 0. The van der Waals surface area contributed by atoms with Crippen LogP contribution in [0.25, 0.3) is 0 Å². The second-order valence-corrected chi connectivity index (χ2v) is 5.06. The van der Waals surface area contributed by atoms with E-state index in [-0.39, 0.29) is 17.6 Å². The minimum Gasteiger partial charge on any atom is -0.440 e. The Morgan fingerprint density at radius 2 is 2.14 bits per heavy atom. The van der Waals surface area contributed by atoms with Gasteiger partial charge in [-0.05, 0) is 24.2 Å². The molecule has 4 unspecified atom stereocenters. The fourth-order valence-corrected chi connectivity index (χ4v) is 3.65. The Morgan fingerprint density at radius 3 is 2.71 bits per heavy atom. The van der Waals surface area contributed by atoms with Crippen LogP contribution in [0.3, 0.4) is 0 Å². The van der Waals surface area contributed by atoms with E-state index in [1.54, 1.807) is 7.11 Å². The molecule has 0 saturated heterocycles. The van der Waals surface area contributed by atoms with Gasteiger partial charge in [0.25, 0.3) is 0 Å². The maximum atomic E-state index is 5.54. The topological polar surface area (TPSA) is 18.5 Å². The molecule has 2 rings (SSSR count). The molecular weight excluding hydrogens is 176 g/mol. The number of rotatable bonds is 2. The number of ether oxygens (including phenoxy) is 2. The minimum absolute atomic E-state index is 0.110. The summed E-state index contributed by atoms with van der Waals surface area (Å²) in [6.45, 7) is 4.58. The van der Waals surface area contributed by atoms with Crippen LogP contribution in [0.4, 0.5) is 0 Å². The summed E-state index contributed by atoms with van der Waals surface area (Å²) in [7, 11) is 1.76. The van der Waals surface area contributed by atoms with Crippen LogP contribution < -0.4 is 0 Å². The quantitative estimate of drug-likeness (QED) is 0.626. The van der Waals surface area contributed by atoms with Gasteiger partial charge in [0.15, 0.2) is 0 Å². The van der Waals surface area contributed by atoms with Crippen LogP contribution in [0.15, 0.2) is 0 Å². The Balaban J connectivity index is 2.22. The first-order valence-corrected chi connectivity index (χ1v) is 5.26. The summed E-state index contributed by atoms with van der Waals surface area (Å²) >= 11 is 0. The second-order valence-electron chi connectivity index (χ2n) is 5.06. The van der Waals surface area contributed by atoms with E-state index in [1.807, 2.05) is 0 Å². The third kappa shape index (κ3) is 1.15. The molecule has 2 aliphatic carbocycles. The molecule has 5 atom stereocenters. The average molecular weight is 194 g/mol. The lowest BCUT2D eigenvalue weighted by Gasteiger charge is -2.37. The SMILES string of the molecule is C#COC1C2CC(C)(C[C@H]2C)C1OC. The van der Waals surface area contributed by atoms with Crippen molar-refractivity contribution < 1.29 is 9.47 Å². The first-order valence-electron chi connectivity index (χ1n) is 5.26. The monoisotopic (exact) mass is 194 g/mol. The Bertz CT molecular complexity index is 268. The molecule has 0 aromatic carbocycles. The third-order valence-electron chi connectivity index (χ3n) is 4.09. The predicted molar refractivity (Wildman–Crippen MR) is 54.5 cm³/mol. The Kier molecular flexibility index (Phi) is 2.23. The van der Waals surface area contributed by atoms with E-state index in [9.17, 15) is 0 Å². The standard InChI is InChI=1S/C12H18O2/c1-5-14-10-9-7-12(3,6-8(9)2)11(10)13-4/h1,8-11H,6-7H2,2-4H3/t8-,9?,10?,11?,12?/m1/s1. The normalized spacial score (nSPS) is 50.4. The Hall–Kier alpha value is -0.680. The van der Waals surface area contributed by atoms with E-state index in [0.29, 0.717) is 11.8 Å². The largest absolute Gasteiger partial charge is 0.440 e. The molecule has 0 radical (unpaired) electrons. The molecule has 2 saturated carbocycles. The zero-order valence-corrected chi connectivity index (χ0v) is 9.12. The fourth-order valence-electron chi connectivity index (χ4n) is 3.65. The van der Waals surface area contributed by atoms with Crippen LogP contribution in [0.2, 0.25) is 0 Å². The fraction of sp³-hybridized carbons (Fsp3) is 0.833. The van der Waals surface area contributed by atoms with E-state index in [0.717, 1.165) is 0 Å². The summed E-state index contributed by atoms with van der Waals surface area (Å²) in [6.07, 6.45) is 10.3. The molecule has 0 spiro atoms. The van der Waals surface area contributed by atoms with Crippen molar-refractivity contribution in [1.82, 2.24) is 0 Å². The van der Waals surface area contributed by atoms with Crippen molar-refractivity contribution >= 4 is 0 Å². The maximum Gasteiger partial charge on any atom is 0.140 e. The van der Waals surface area contributed by atoms with E-state index in [1.165, 1.54) is 12.8 Å². The molecule has 2 fully saturated rings. The molecule has 14 heavy (non-hydrogen) atoms. The molecule has 0 amide bonds. The highest BCUT2D eigenvalue weighted by atomic mass is 16.5. The zero-order chi connectivity index (χ0) is 10.3. The van der Waals surface area contributed by atoms with Crippen LogP contribution in [0.1, 0.15) is 26.7 Å². The van der Waals surface area contributed by atoms with Gasteiger partial charge in [0.2, 0.25) is 0 Å². The molecule has 0 aromatic rings. The summed E-state index contributed by atoms with van der Waals surface area (Å²) in [5, 5.41) is 0. The van der Waals surface area contributed by atoms with Gasteiger partial charge < -0.3 is 9.47 Å². The predicted octanol–water partition coefficient (Wildman–Crippen LogP) is 2.04. The van der Waals surface area contributed by atoms with Crippen molar-refractivity contribution in [2.24, 2.45) is 17.3 Å². The summed E-state index contributed by atoms with van der Waals surface area (Å²) in [4.78, 5) is 0. The summed E-state index contributed by atoms with van der Waals surface area (Å²) in [6, 6.07) is 0. The van der Waals surface area contributed by atoms with Crippen LogP contribution in [0.5, 0.6) is 0 Å². The highest BCUT2D eigenvalue weighted by Gasteiger charge is 2.59. The molecule has 0 aromatic heterocycles. The Morgan fingerprint density at radius 1 is 1.43 bits per heavy atom. The molecule has 0 aliphatic heterocycles. The molecule has 2 bridgehead atoms. The zero-order valence-electron chi connectivity index (χ0n) is 9.12. The molecule has 2 aliphatic rings. The summed E-state index contributed by atoms with van der Waals surface area (Å²) < 4.78 is 10.9. The smallest absolute Gasteiger partial charge is 0.140 e. The molecule has 2 heteroatoms. The van der Waals surface area contributed by atoms with Gasteiger partial charge in [0.05, 0.1) is 0 Å². The Labute approximate surface area is 86.0 Å². The lowest BCUT2D eigenvalue weighted by atomic mass is 9.78. The van der Waals surface area contributed by atoms with Crippen molar-refractivity contribution in [2.45, 2.75) is 38.9 Å². The number of fused-ring (bicyclic) bond motifs is 2. The van der Waals surface area contributed by atoms with E-state index in [4.69, 9.17) is 15.9 Å². The summed E-state index contributed by atoms with van der Waals surface area (Å²) in [5.41, 5.74) is 0.278. The highest BCUT2D eigenvalue weighted by Crippen LogP contribution is 2.58. The lowest BCUT2D eigenvalue weighted by Crippen LogP contribution is -2.43.